The number of pyridine rings is 2. The number of rotatable bonds is 4. The number of fused-ring (bicyclic) bond motifs is 1. The molecule has 1 amide bonds. The van der Waals surface area contributed by atoms with Crippen molar-refractivity contribution in [3.63, 3.8) is 0 Å². The molecule has 19 heavy (non-hydrogen) atoms. The van der Waals surface area contributed by atoms with Crippen LogP contribution in [0.1, 0.15) is 13.8 Å². The molecule has 0 aliphatic rings. The number of halogens is 1. The smallest absolute Gasteiger partial charge is 0.224 e. The number of carbonyl (C=O) groups excluding carboxylic acids is 1. The molecule has 0 aliphatic heterocycles. The Morgan fingerprint density at radius 1 is 1.47 bits per heavy atom. The Morgan fingerprint density at radius 3 is 2.89 bits per heavy atom. The fourth-order valence-electron chi connectivity index (χ4n) is 1.55. The number of nitrogens with two attached hydrogens (primary N) is 1. The molecule has 2 aromatic heterocycles. The third-order valence-electron chi connectivity index (χ3n) is 2.93. The molecule has 0 unspecified atom stereocenters. The Hall–Kier alpha value is -1.69. The molecule has 0 fully saturated rings. The van der Waals surface area contributed by atoms with Gasteiger partial charge >= 0.3 is 0 Å². The normalized spacial score (nSPS) is 11.5. The van der Waals surface area contributed by atoms with Gasteiger partial charge < -0.3 is 11.1 Å². The number of nitrogens with one attached hydrogen (secondary N) is 1. The average Bonchev–Trinajstić information content (AvgIpc) is 2.35. The first-order valence-electron chi connectivity index (χ1n) is 5.84. The number of anilines is 1. The summed E-state index contributed by atoms with van der Waals surface area (Å²) >= 11 is 3.36. The quantitative estimate of drug-likeness (QED) is 0.905. The van der Waals surface area contributed by atoms with Gasteiger partial charge in [-0.3, -0.25) is 14.8 Å². The minimum atomic E-state index is -0.620. The van der Waals surface area contributed by atoms with Gasteiger partial charge in [-0.15, -0.1) is 0 Å². The third kappa shape index (κ3) is 3.01. The zero-order valence-electron chi connectivity index (χ0n) is 10.8. The Morgan fingerprint density at radius 2 is 2.21 bits per heavy atom. The molecule has 5 nitrogen and oxygen atoms in total. The lowest BCUT2D eigenvalue weighted by Crippen LogP contribution is -2.37. The summed E-state index contributed by atoms with van der Waals surface area (Å²) < 4.78 is 0.877. The number of aromatic nitrogens is 2. The van der Waals surface area contributed by atoms with Crippen molar-refractivity contribution in [2.45, 2.75) is 13.8 Å². The van der Waals surface area contributed by atoms with Crippen LogP contribution in [0.3, 0.4) is 0 Å². The topological polar surface area (TPSA) is 80.9 Å². The van der Waals surface area contributed by atoms with Crippen molar-refractivity contribution in [2.75, 3.05) is 11.9 Å². The number of primary amides is 1. The van der Waals surface area contributed by atoms with Crippen molar-refractivity contribution in [3.8, 4) is 0 Å². The summed E-state index contributed by atoms with van der Waals surface area (Å²) in [6.45, 7) is 4.05. The van der Waals surface area contributed by atoms with Crippen molar-refractivity contribution in [2.24, 2.45) is 11.1 Å². The van der Waals surface area contributed by atoms with Crippen molar-refractivity contribution < 1.29 is 4.79 Å². The molecule has 100 valence electrons. The fraction of sp³-hybridized carbons (Fsp3) is 0.308. The zero-order valence-corrected chi connectivity index (χ0v) is 12.4. The lowest BCUT2D eigenvalue weighted by molar-refractivity contribution is -0.125. The van der Waals surface area contributed by atoms with E-state index in [2.05, 4.69) is 31.2 Å². The van der Waals surface area contributed by atoms with Gasteiger partial charge in [-0.05, 0) is 41.9 Å². The maximum Gasteiger partial charge on any atom is 0.224 e. The first-order valence-corrected chi connectivity index (χ1v) is 6.63. The fourth-order valence-corrected chi connectivity index (χ4v) is 1.87. The van der Waals surface area contributed by atoms with Gasteiger partial charge in [-0.25, -0.2) is 0 Å². The summed E-state index contributed by atoms with van der Waals surface area (Å²) in [6, 6.07) is 3.73. The molecular formula is C13H15BrN4O. The molecule has 0 aromatic carbocycles. The van der Waals surface area contributed by atoms with Crippen molar-refractivity contribution >= 4 is 38.6 Å². The van der Waals surface area contributed by atoms with Gasteiger partial charge in [-0.1, -0.05) is 0 Å². The maximum absolute atomic E-state index is 11.3. The minimum Gasteiger partial charge on any atom is -0.382 e. The zero-order chi connectivity index (χ0) is 14.0. The highest BCUT2D eigenvalue weighted by Gasteiger charge is 2.24. The van der Waals surface area contributed by atoms with E-state index in [4.69, 9.17) is 5.73 Å². The highest BCUT2D eigenvalue weighted by Crippen LogP contribution is 2.23. The first kappa shape index (κ1) is 13.7. The van der Waals surface area contributed by atoms with E-state index in [-0.39, 0.29) is 5.91 Å². The van der Waals surface area contributed by atoms with Gasteiger partial charge in [0.1, 0.15) is 5.52 Å². The van der Waals surface area contributed by atoms with Crippen LogP contribution in [0.15, 0.2) is 29.0 Å². The summed E-state index contributed by atoms with van der Waals surface area (Å²) in [6.07, 6.45) is 3.42. The molecule has 2 rings (SSSR count). The van der Waals surface area contributed by atoms with Crippen LogP contribution < -0.4 is 11.1 Å². The summed E-state index contributed by atoms with van der Waals surface area (Å²) in [5, 5.41) is 3.21. The first-order chi connectivity index (χ1) is 8.90. The number of hydrogen-bond donors (Lipinski definition) is 2. The van der Waals surface area contributed by atoms with Crippen molar-refractivity contribution in [3.05, 3.63) is 29.0 Å². The van der Waals surface area contributed by atoms with Crippen molar-refractivity contribution in [1.29, 1.82) is 0 Å². The second-order valence-electron chi connectivity index (χ2n) is 4.98. The van der Waals surface area contributed by atoms with Crippen LogP contribution >= 0.6 is 15.9 Å². The van der Waals surface area contributed by atoms with E-state index in [9.17, 15) is 4.79 Å². The molecule has 0 bridgehead atoms. The molecule has 0 radical (unpaired) electrons. The molecule has 0 saturated heterocycles. The summed E-state index contributed by atoms with van der Waals surface area (Å²) in [5.74, 6) is -0.339. The van der Waals surface area contributed by atoms with E-state index in [0.29, 0.717) is 6.54 Å². The number of hydrogen-bond acceptors (Lipinski definition) is 4. The van der Waals surface area contributed by atoms with Crippen molar-refractivity contribution in [1.82, 2.24) is 9.97 Å². The summed E-state index contributed by atoms with van der Waals surface area (Å²) in [7, 11) is 0. The Balaban J connectivity index is 2.29. The monoisotopic (exact) mass is 322 g/mol. The van der Waals surface area contributed by atoms with E-state index in [1.807, 2.05) is 12.1 Å². The van der Waals surface area contributed by atoms with Crippen LogP contribution in [-0.2, 0) is 4.79 Å². The minimum absolute atomic E-state index is 0.339. The van der Waals surface area contributed by atoms with Gasteiger partial charge in [0.2, 0.25) is 5.91 Å². The largest absolute Gasteiger partial charge is 0.382 e. The second kappa shape index (κ2) is 5.13. The predicted octanol–water partition coefficient (Wildman–Crippen LogP) is 2.32. The van der Waals surface area contributed by atoms with E-state index in [1.165, 1.54) is 0 Å². The number of nitrogens with zero attached hydrogens (tertiary/aromatic N) is 2. The van der Waals surface area contributed by atoms with Crippen LogP contribution in [0.4, 0.5) is 5.69 Å². The van der Waals surface area contributed by atoms with Crippen LogP contribution in [0.5, 0.6) is 0 Å². The average molecular weight is 323 g/mol. The third-order valence-corrected chi connectivity index (χ3v) is 3.37. The lowest BCUT2D eigenvalue weighted by Gasteiger charge is -2.21. The van der Waals surface area contributed by atoms with Crippen LogP contribution in [0.2, 0.25) is 0 Å². The molecule has 2 heterocycles. The highest BCUT2D eigenvalue weighted by molar-refractivity contribution is 9.10. The van der Waals surface area contributed by atoms with Crippen LogP contribution in [0, 0.1) is 5.41 Å². The number of carbonyl (C=O) groups is 1. The molecule has 0 saturated carbocycles. The number of amides is 1. The molecule has 3 N–H and O–H groups in total. The molecule has 6 heteroatoms. The Kier molecular flexibility index (Phi) is 3.71. The van der Waals surface area contributed by atoms with Gasteiger partial charge in [0.25, 0.3) is 0 Å². The molecule has 0 atom stereocenters. The maximum atomic E-state index is 11.3. The second-order valence-corrected chi connectivity index (χ2v) is 5.90. The molecule has 2 aromatic rings. The SMILES string of the molecule is CC(C)(CNc1ccnc2cc(Br)cnc12)C(N)=O. The van der Waals surface area contributed by atoms with E-state index < -0.39 is 5.41 Å². The summed E-state index contributed by atoms with van der Waals surface area (Å²) in [4.78, 5) is 19.9. The standard InChI is InChI=1S/C13H15BrN4O/c1-13(2,12(15)19)7-18-9-3-4-16-10-5-8(14)6-17-11(9)10/h3-6H,7H2,1-2H3,(H2,15,19)(H,16,18). The van der Waals surface area contributed by atoms with E-state index in [1.54, 1.807) is 26.2 Å². The van der Waals surface area contributed by atoms with Gasteiger partial charge in [0.05, 0.1) is 16.6 Å². The Bertz CT molecular complexity index is 627. The molecule has 0 aliphatic carbocycles. The lowest BCUT2D eigenvalue weighted by atomic mass is 9.92. The van der Waals surface area contributed by atoms with Crippen LogP contribution in [0.25, 0.3) is 11.0 Å². The highest BCUT2D eigenvalue weighted by atomic mass is 79.9. The molecule has 0 spiro atoms. The van der Waals surface area contributed by atoms with E-state index >= 15 is 0 Å². The van der Waals surface area contributed by atoms with Gasteiger partial charge in [0, 0.05) is 23.4 Å². The van der Waals surface area contributed by atoms with Gasteiger partial charge in [-0.2, -0.15) is 0 Å². The predicted molar refractivity (Wildman–Crippen MR) is 78.7 cm³/mol. The van der Waals surface area contributed by atoms with E-state index in [0.717, 1.165) is 21.2 Å². The van der Waals surface area contributed by atoms with Gasteiger partial charge in [0.15, 0.2) is 0 Å². The van der Waals surface area contributed by atoms with Crippen LogP contribution in [-0.4, -0.2) is 22.4 Å². The molecular weight excluding hydrogens is 308 g/mol. The Labute approximate surface area is 119 Å². The summed E-state index contributed by atoms with van der Waals surface area (Å²) in [5.41, 5.74) is 7.13.